The average molecular weight is 419 g/mol. The van der Waals surface area contributed by atoms with Crippen LogP contribution in [0.1, 0.15) is 27.0 Å². The fraction of sp³-hybridized carbons (Fsp3) is 0.0435. The van der Waals surface area contributed by atoms with Gasteiger partial charge in [0.15, 0.2) is 0 Å². The lowest BCUT2D eigenvalue weighted by atomic mass is 10.1. The third-order valence-corrected chi connectivity index (χ3v) is 4.48. The van der Waals surface area contributed by atoms with Gasteiger partial charge in [-0.3, -0.25) is 4.79 Å². The molecule has 0 fully saturated rings. The highest BCUT2D eigenvalue weighted by Gasteiger charge is 2.04. The Kier molecular flexibility index (Phi) is 6.34. The lowest BCUT2D eigenvalue weighted by molar-refractivity contribution is 0.112. The van der Waals surface area contributed by atoms with E-state index in [0.29, 0.717) is 17.8 Å². The van der Waals surface area contributed by atoms with E-state index in [2.05, 4.69) is 20.9 Å². The Morgan fingerprint density at radius 3 is 2.19 bits per heavy atom. The minimum atomic E-state index is 0.466. The maximum absolute atomic E-state index is 11.1. The summed E-state index contributed by atoms with van der Waals surface area (Å²) >= 11 is 3.45. The number of aliphatic imine (C=N–C) groups is 1. The van der Waals surface area contributed by atoms with Gasteiger partial charge in [-0.2, -0.15) is 0 Å². The summed E-state index contributed by atoms with van der Waals surface area (Å²) in [5.41, 5.74) is 10.6. The number of allylic oxidation sites excluding steroid dienone is 1. The van der Waals surface area contributed by atoms with Crippen molar-refractivity contribution in [2.24, 2.45) is 10.7 Å². The van der Waals surface area contributed by atoms with Crippen LogP contribution in [0.4, 0.5) is 0 Å². The number of hydrogen-bond acceptors (Lipinski definition) is 2. The second-order valence-electron chi connectivity index (χ2n) is 6.03. The molecule has 0 amide bonds. The molecule has 0 spiro atoms. The van der Waals surface area contributed by atoms with Crippen LogP contribution in [-0.2, 0) is 6.42 Å². The molecule has 0 atom stereocenters. The van der Waals surface area contributed by atoms with Gasteiger partial charge in [0.25, 0.3) is 0 Å². The number of benzene rings is 3. The van der Waals surface area contributed by atoms with Gasteiger partial charge in [-0.05, 0) is 35.7 Å². The minimum absolute atomic E-state index is 0.466. The zero-order valence-electron chi connectivity index (χ0n) is 14.7. The zero-order chi connectivity index (χ0) is 19.1. The van der Waals surface area contributed by atoms with Crippen LogP contribution in [0.25, 0.3) is 5.70 Å². The first-order chi connectivity index (χ1) is 13.2. The third kappa shape index (κ3) is 5.25. The Morgan fingerprint density at radius 2 is 1.56 bits per heavy atom. The first kappa shape index (κ1) is 18.8. The van der Waals surface area contributed by atoms with Gasteiger partial charge in [0.05, 0.1) is 5.70 Å². The van der Waals surface area contributed by atoms with Crippen LogP contribution in [0.5, 0.6) is 0 Å². The number of aldehydes is 1. The predicted octanol–water partition coefficient (Wildman–Crippen LogP) is 5.25. The highest BCUT2D eigenvalue weighted by molar-refractivity contribution is 9.10. The first-order valence-corrected chi connectivity index (χ1v) is 9.35. The average Bonchev–Trinajstić information content (AvgIpc) is 2.71. The van der Waals surface area contributed by atoms with Crippen molar-refractivity contribution < 1.29 is 4.79 Å². The van der Waals surface area contributed by atoms with E-state index >= 15 is 0 Å². The Hall–Kier alpha value is -2.98. The first-order valence-electron chi connectivity index (χ1n) is 8.55. The van der Waals surface area contributed by atoms with E-state index in [4.69, 9.17) is 5.73 Å². The van der Waals surface area contributed by atoms with Crippen LogP contribution in [0.3, 0.4) is 0 Å². The fourth-order valence-electron chi connectivity index (χ4n) is 2.72. The highest BCUT2D eigenvalue weighted by Crippen LogP contribution is 2.20. The van der Waals surface area contributed by atoms with Crippen molar-refractivity contribution in [1.29, 1.82) is 0 Å². The quantitative estimate of drug-likeness (QED) is 0.337. The molecule has 0 radical (unpaired) electrons. The molecule has 27 heavy (non-hydrogen) atoms. The summed E-state index contributed by atoms with van der Waals surface area (Å²) in [5, 5.41) is 0. The number of amidine groups is 1. The van der Waals surface area contributed by atoms with Gasteiger partial charge in [0, 0.05) is 15.6 Å². The van der Waals surface area contributed by atoms with Gasteiger partial charge in [0.2, 0.25) is 0 Å². The Labute approximate surface area is 167 Å². The van der Waals surface area contributed by atoms with E-state index in [0.717, 1.165) is 33.1 Å². The van der Waals surface area contributed by atoms with Crippen molar-refractivity contribution in [2.75, 3.05) is 0 Å². The molecule has 0 saturated heterocycles. The smallest absolute Gasteiger partial charge is 0.150 e. The van der Waals surface area contributed by atoms with Crippen molar-refractivity contribution in [3.8, 4) is 0 Å². The third-order valence-electron chi connectivity index (χ3n) is 4.03. The van der Waals surface area contributed by atoms with Gasteiger partial charge in [-0.15, -0.1) is 0 Å². The number of hydrogen-bond donors (Lipinski definition) is 1. The molecule has 0 aliphatic rings. The van der Waals surface area contributed by atoms with Crippen LogP contribution in [0.15, 0.2) is 94.4 Å². The molecule has 0 aliphatic heterocycles. The topological polar surface area (TPSA) is 55.4 Å². The van der Waals surface area contributed by atoms with E-state index in [1.807, 2.05) is 78.9 Å². The van der Waals surface area contributed by atoms with Gasteiger partial charge < -0.3 is 5.73 Å². The van der Waals surface area contributed by atoms with Crippen LogP contribution >= 0.6 is 15.9 Å². The number of carbonyl (C=O) groups is 1. The maximum Gasteiger partial charge on any atom is 0.150 e. The normalized spacial score (nSPS) is 12.0. The standard InChI is InChI=1S/C23H19BrN2O/c24-21-14-17(13-18(15-21)16-27)11-12-22(19-7-3-1-4-8-19)26-23(25)20-9-5-2-6-10-20/h1-10,12-16H,11H2,(H2,25,26)/b22-12-. The molecule has 0 aliphatic carbocycles. The highest BCUT2D eigenvalue weighted by atomic mass is 79.9. The molecule has 3 nitrogen and oxygen atoms in total. The van der Waals surface area contributed by atoms with Crippen LogP contribution in [0, 0.1) is 0 Å². The van der Waals surface area contributed by atoms with Crippen molar-refractivity contribution in [3.05, 3.63) is 112 Å². The number of carbonyl (C=O) groups excluding carboxylic acids is 1. The second kappa shape index (κ2) is 9.10. The molecule has 0 saturated carbocycles. The maximum atomic E-state index is 11.1. The summed E-state index contributed by atoms with van der Waals surface area (Å²) in [6, 6.07) is 25.3. The van der Waals surface area contributed by atoms with Gasteiger partial charge in [-0.25, -0.2) is 4.99 Å². The molecule has 3 rings (SSSR count). The molecule has 0 heterocycles. The van der Waals surface area contributed by atoms with E-state index < -0.39 is 0 Å². The van der Waals surface area contributed by atoms with Gasteiger partial charge in [0.1, 0.15) is 12.1 Å². The van der Waals surface area contributed by atoms with E-state index in [9.17, 15) is 4.79 Å². The number of halogens is 1. The van der Waals surface area contributed by atoms with Crippen LogP contribution < -0.4 is 5.73 Å². The summed E-state index contributed by atoms with van der Waals surface area (Å²) in [6.07, 6.45) is 3.51. The molecule has 3 aromatic rings. The summed E-state index contributed by atoms with van der Waals surface area (Å²) < 4.78 is 0.879. The monoisotopic (exact) mass is 418 g/mol. The van der Waals surface area contributed by atoms with Gasteiger partial charge in [-0.1, -0.05) is 82.7 Å². The molecule has 4 heteroatoms. The molecule has 0 unspecified atom stereocenters. The summed E-state index contributed by atoms with van der Waals surface area (Å²) in [5.74, 6) is 0.466. The van der Waals surface area contributed by atoms with Crippen molar-refractivity contribution in [3.63, 3.8) is 0 Å². The molecule has 3 aromatic carbocycles. The molecular weight excluding hydrogens is 400 g/mol. The number of nitrogens with two attached hydrogens (primary N) is 1. The van der Waals surface area contributed by atoms with Crippen molar-refractivity contribution in [1.82, 2.24) is 0 Å². The van der Waals surface area contributed by atoms with E-state index in [1.165, 1.54) is 0 Å². The van der Waals surface area contributed by atoms with E-state index in [1.54, 1.807) is 6.07 Å². The molecule has 0 aromatic heterocycles. The lowest BCUT2D eigenvalue weighted by Gasteiger charge is -2.07. The molecule has 0 bridgehead atoms. The Bertz CT molecular complexity index is 980. The van der Waals surface area contributed by atoms with Crippen LogP contribution in [0.2, 0.25) is 0 Å². The SMILES string of the molecule is NC(=N/C(=C\Cc1cc(Br)cc(C=O)c1)c1ccccc1)c1ccccc1. The lowest BCUT2D eigenvalue weighted by Crippen LogP contribution is -2.13. The van der Waals surface area contributed by atoms with Crippen molar-refractivity contribution >= 4 is 33.7 Å². The fourth-order valence-corrected chi connectivity index (χ4v) is 3.27. The molecule has 2 N–H and O–H groups in total. The minimum Gasteiger partial charge on any atom is -0.383 e. The Balaban J connectivity index is 1.97. The van der Waals surface area contributed by atoms with E-state index in [-0.39, 0.29) is 0 Å². The largest absolute Gasteiger partial charge is 0.383 e. The summed E-state index contributed by atoms with van der Waals surface area (Å²) in [6.45, 7) is 0. The number of nitrogens with zero attached hydrogens (tertiary/aromatic N) is 1. The number of rotatable bonds is 6. The van der Waals surface area contributed by atoms with Crippen molar-refractivity contribution in [2.45, 2.75) is 6.42 Å². The summed E-state index contributed by atoms with van der Waals surface area (Å²) in [7, 11) is 0. The molecule has 134 valence electrons. The van der Waals surface area contributed by atoms with Crippen LogP contribution in [-0.4, -0.2) is 12.1 Å². The molecular formula is C23H19BrN2O. The predicted molar refractivity (Wildman–Crippen MR) is 115 cm³/mol. The summed E-state index contributed by atoms with van der Waals surface area (Å²) in [4.78, 5) is 15.8. The Morgan fingerprint density at radius 1 is 0.926 bits per heavy atom. The van der Waals surface area contributed by atoms with Gasteiger partial charge >= 0.3 is 0 Å². The zero-order valence-corrected chi connectivity index (χ0v) is 16.3. The second-order valence-corrected chi connectivity index (χ2v) is 6.95.